The molecule has 0 amide bonds. The van der Waals surface area contributed by atoms with E-state index in [9.17, 15) is 0 Å². The molecule has 32 heavy (non-hydrogen) atoms. The summed E-state index contributed by atoms with van der Waals surface area (Å²) in [7, 11) is 0. The van der Waals surface area contributed by atoms with E-state index in [0.717, 1.165) is 43.1 Å². The third-order valence-electron chi connectivity index (χ3n) is 5.09. The average molecular weight is 458 g/mol. The first-order valence-electron chi connectivity index (χ1n) is 10.5. The van der Waals surface area contributed by atoms with Gasteiger partial charge in [0.2, 0.25) is 17.8 Å². The largest absolute Gasteiger partial charge is 0.378 e. The monoisotopic (exact) mass is 457 g/mol. The molecule has 4 rings (SSSR count). The number of thiocarbonyl (C=S) groups is 1. The van der Waals surface area contributed by atoms with Gasteiger partial charge < -0.3 is 30.3 Å². The minimum Gasteiger partial charge on any atom is -0.378 e. The molecule has 3 heterocycles. The summed E-state index contributed by atoms with van der Waals surface area (Å²) in [6, 6.07) is 7.80. The van der Waals surface area contributed by atoms with Gasteiger partial charge in [-0.25, -0.2) is 0 Å². The Morgan fingerprint density at radius 3 is 1.97 bits per heavy atom. The molecule has 0 saturated carbocycles. The molecule has 0 radical (unpaired) electrons. The summed E-state index contributed by atoms with van der Waals surface area (Å²) in [6.45, 7) is 7.52. The van der Waals surface area contributed by atoms with E-state index in [1.165, 1.54) is 0 Å². The van der Waals surface area contributed by atoms with Gasteiger partial charge in [0.1, 0.15) is 0 Å². The van der Waals surface area contributed by atoms with Crippen LogP contribution in [0, 0.1) is 0 Å². The molecule has 1 aromatic heterocycles. The van der Waals surface area contributed by atoms with E-state index in [1.54, 1.807) is 0 Å². The lowest BCUT2D eigenvalue weighted by molar-refractivity contribution is 0.121. The van der Waals surface area contributed by atoms with E-state index in [2.05, 4.69) is 35.6 Å². The lowest BCUT2D eigenvalue weighted by atomic mass is 10.1. The number of morpholine rings is 2. The molecular weight excluding hydrogens is 430 g/mol. The van der Waals surface area contributed by atoms with E-state index < -0.39 is 0 Å². The average Bonchev–Trinajstić information content (AvgIpc) is 2.84. The number of anilines is 4. The molecule has 0 aliphatic carbocycles. The maximum Gasteiger partial charge on any atom is 0.233 e. The Labute approximate surface area is 192 Å². The second kappa shape index (κ2) is 10.5. The Morgan fingerprint density at radius 2 is 1.47 bits per heavy atom. The molecule has 0 bridgehead atoms. The molecule has 0 atom stereocenters. The standard InChI is InChI=1S/C20H27N9O2S/c1-14(26-27-17(21)32)15-2-4-16(5-3-15)22-18-23-19(28-6-10-30-11-7-28)25-20(24-18)29-8-12-31-13-9-29/h2-5H,6-13H2,1H3,(H3,21,27,32)(H,22,23,24,25)/b26-14-. The summed E-state index contributed by atoms with van der Waals surface area (Å²) in [6.07, 6.45) is 0. The van der Waals surface area contributed by atoms with Gasteiger partial charge in [-0.15, -0.1) is 0 Å². The second-order valence-corrected chi connectivity index (χ2v) is 7.77. The highest BCUT2D eigenvalue weighted by Gasteiger charge is 2.20. The highest BCUT2D eigenvalue weighted by Crippen LogP contribution is 2.21. The number of aromatic nitrogens is 3. The number of hydrazone groups is 1. The number of hydrogen-bond acceptors (Lipinski definition) is 10. The predicted molar refractivity (Wildman–Crippen MR) is 128 cm³/mol. The van der Waals surface area contributed by atoms with Crippen LogP contribution in [-0.4, -0.2) is 78.4 Å². The molecule has 4 N–H and O–H groups in total. The molecular formula is C20H27N9O2S. The normalized spacial score (nSPS) is 17.2. The van der Waals surface area contributed by atoms with Crippen LogP contribution < -0.4 is 26.3 Å². The van der Waals surface area contributed by atoms with Crippen molar-refractivity contribution < 1.29 is 9.47 Å². The van der Waals surface area contributed by atoms with Gasteiger partial charge >= 0.3 is 0 Å². The van der Waals surface area contributed by atoms with Crippen molar-refractivity contribution in [3.8, 4) is 0 Å². The van der Waals surface area contributed by atoms with Gasteiger partial charge in [0.15, 0.2) is 5.11 Å². The fourth-order valence-electron chi connectivity index (χ4n) is 3.35. The lowest BCUT2D eigenvalue weighted by Crippen LogP contribution is -2.40. The van der Waals surface area contributed by atoms with Gasteiger partial charge in [-0.1, -0.05) is 12.1 Å². The Balaban J connectivity index is 1.55. The first kappa shape index (κ1) is 22.1. The van der Waals surface area contributed by atoms with Crippen LogP contribution in [0.3, 0.4) is 0 Å². The molecule has 2 aliphatic heterocycles. The van der Waals surface area contributed by atoms with E-state index in [-0.39, 0.29) is 5.11 Å². The zero-order valence-corrected chi connectivity index (χ0v) is 18.8. The fraction of sp³-hybridized carbons (Fsp3) is 0.450. The maximum atomic E-state index is 5.47. The zero-order valence-electron chi connectivity index (χ0n) is 18.0. The molecule has 2 aromatic rings. The maximum absolute atomic E-state index is 5.47. The van der Waals surface area contributed by atoms with Gasteiger partial charge in [0.25, 0.3) is 0 Å². The van der Waals surface area contributed by atoms with E-state index >= 15 is 0 Å². The molecule has 2 aliphatic rings. The Kier molecular flexibility index (Phi) is 7.24. The predicted octanol–water partition coefficient (Wildman–Crippen LogP) is 0.846. The van der Waals surface area contributed by atoms with Crippen LogP contribution >= 0.6 is 12.2 Å². The number of benzene rings is 1. The molecule has 170 valence electrons. The van der Waals surface area contributed by atoms with E-state index in [1.807, 2.05) is 31.2 Å². The molecule has 2 saturated heterocycles. The Hall–Kier alpha value is -3.09. The van der Waals surface area contributed by atoms with Gasteiger partial charge in [-0.05, 0) is 36.8 Å². The van der Waals surface area contributed by atoms with Crippen LogP contribution in [-0.2, 0) is 9.47 Å². The van der Waals surface area contributed by atoms with Crippen molar-refractivity contribution in [3.63, 3.8) is 0 Å². The fourth-order valence-corrected chi connectivity index (χ4v) is 3.39. The summed E-state index contributed by atoms with van der Waals surface area (Å²) in [5.41, 5.74) is 10.6. The lowest BCUT2D eigenvalue weighted by Gasteiger charge is -2.30. The summed E-state index contributed by atoms with van der Waals surface area (Å²) in [5, 5.41) is 7.58. The summed E-state index contributed by atoms with van der Waals surface area (Å²) in [4.78, 5) is 18.3. The van der Waals surface area contributed by atoms with Gasteiger partial charge in [0, 0.05) is 31.9 Å². The smallest absolute Gasteiger partial charge is 0.233 e. The van der Waals surface area contributed by atoms with Crippen molar-refractivity contribution in [2.24, 2.45) is 10.8 Å². The number of ether oxygens (including phenoxy) is 2. The second-order valence-electron chi connectivity index (χ2n) is 7.33. The number of nitrogens with zero attached hydrogens (tertiary/aromatic N) is 6. The minimum atomic E-state index is 0.129. The van der Waals surface area contributed by atoms with Crippen LogP contribution in [0.1, 0.15) is 12.5 Å². The first-order valence-corrected chi connectivity index (χ1v) is 10.9. The van der Waals surface area contributed by atoms with Gasteiger partial charge in [-0.3, -0.25) is 5.43 Å². The number of hydrogen-bond donors (Lipinski definition) is 3. The van der Waals surface area contributed by atoms with Crippen molar-refractivity contribution >= 4 is 46.6 Å². The van der Waals surface area contributed by atoms with Crippen LogP contribution in [0.2, 0.25) is 0 Å². The molecule has 0 spiro atoms. The number of nitrogens with two attached hydrogens (primary N) is 1. The minimum absolute atomic E-state index is 0.129. The SMILES string of the molecule is C/C(=N/NC(N)=S)c1ccc(Nc2nc(N3CCOCC3)nc(N3CCOCC3)n2)cc1. The summed E-state index contributed by atoms with van der Waals surface area (Å²) in [5.74, 6) is 1.79. The van der Waals surface area contributed by atoms with Crippen LogP contribution in [0.5, 0.6) is 0 Å². The van der Waals surface area contributed by atoms with Crippen molar-refractivity contribution in [1.82, 2.24) is 20.4 Å². The van der Waals surface area contributed by atoms with Gasteiger partial charge in [-0.2, -0.15) is 20.1 Å². The first-order chi connectivity index (χ1) is 15.6. The molecule has 1 aromatic carbocycles. The highest BCUT2D eigenvalue weighted by molar-refractivity contribution is 7.80. The van der Waals surface area contributed by atoms with E-state index in [4.69, 9.17) is 32.4 Å². The topological polar surface area (TPSA) is 126 Å². The molecule has 2 fully saturated rings. The Bertz CT molecular complexity index is 922. The van der Waals surface area contributed by atoms with Crippen molar-refractivity contribution in [3.05, 3.63) is 29.8 Å². The third kappa shape index (κ3) is 5.78. The summed E-state index contributed by atoms with van der Waals surface area (Å²) < 4.78 is 10.9. The van der Waals surface area contributed by atoms with Crippen molar-refractivity contribution in [2.75, 3.05) is 67.7 Å². The zero-order chi connectivity index (χ0) is 22.3. The molecule has 11 nitrogen and oxygen atoms in total. The molecule has 12 heteroatoms. The van der Waals surface area contributed by atoms with Crippen LogP contribution in [0.4, 0.5) is 23.5 Å². The van der Waals surface area contributed by atoms with Crippen molar-refractivity contribution in [1.29, 1.82) is 0 Å². The number of nitrogens with one attached hydrogen (secondary N) is 2. The van der Waals surface area contributed by atoms with Crippen LogP contribution in [0.25, 0.3) is 0 Å². The van der Waals surface area contributed by atoms with Gasteiger partial charge in [0.05, 0.1) is 32.1 Å². The Morgan fingerprint density at radius 1 is 0.938 bits per heavy atom. The molecule has 0 unspecified atom stereocenters. The van der Waals surface area contributed by atoms with Crippen molar-refractivity contribution in [2.45, 2.75) is 6.92 Å². The highest BCUT2D eigenvalue weighted by atomic mass is 32.1. The van der Waals surface area contributed by atoms with E-state index in [0.29, 0.717) is 44.3 Å². The third-order valence-corrected chi connectivity index (χ3v) is 5.18. The summed E-state index contributed by atoms with van der Waals surface area (Å²) >= 11 is 4.78. The van der Waals surface area contributed by atoms with Crippen LogP contribution in [0.15, 0.2) is 29.4 Å². The number of rotatable bonds is 6. The quantitative estimate of drug-likeness (QED) is 0.325.